The number of sulfone groups is 1. The Morgan fingerprint density at radius 3 is 2.22 bits per heavy atom. The lowest BCUT2D eigenvalue weighted by Crippen LogP contribution is -2.27. The number of nitrogens with one attached hydrogen (secondary N) is 1. The Morgan fingerprint density at radius 2 is 1.78 bits per heavy atom. The first kappa shape index (κ1) is 14.2. The van der Waals surface area contributed by atoms with Crippen LogP contribution in [-0.4, -0.2) is 40.2 Å². The van der Waals surface area contributed by atoms with E-state index in [2.05, 4.69) is 10.1 Å². The topological polar surface area (TPSA) is 89.5 Å². The van der Waals surface area contributed by atoms with Crippen LogP contribution in [0.25, 0.3) is 0 Å². The van der Waals surface area contributed by atoms with Crippen molar-refractivity contribution in [3.63, 3.8) is 0 Å². The summed E-state index contributed by atoms with van der Waals surface area (Å²) in [7, 11) is -1.09. The summed E-state index contributed by atoms with van der Waals surface area (Å²) in [5, 5.41) is 2.24. The van der Waals surface area contributed by atoms with Gasteiger partial charge in [-0.3, -0.25) is 4.79 Å². The predicted molar refractivity (Wildman–Crippen MR) is 63.9 cm³/mol. The SMILES string of the molecule is CNC(=O)CS(=O)(=O)c1ccc(C(=O)OC)cc1. The van der Waals surface area contributed by atoms with E-state index in [4.69, 9.17) is 0 Å². The van der Waals surface area contributed by atoms with Crippen molar-refractivity contribution >= 4 is 21.7 Å². The van der Waals surface area contributed by atoms with Crippen LogP contribution >= 0.6 is 0 Å². The highest BCUT2D eigenvalue weighted by molar-refractivity contribution is 7.92. The highest BCUT2D eigenvalue weighted by atomic mass is 32.2. The fraction of sp³-hybridized carbons (Fsp3) is 0.273. The molecule has 0 aliphatic carbocycles. The summed E-state index contributed by atoms with van der Waals surface area (Å²) < 4.78 is 28.0. The zero-order valence-corrected chi connectivity index (χ0v) is 10.8. The van der Waals surface area contributed by atoms with Gasteiger partial charge < -0.3 is 10.1 Å². The molecule has 7 heteroatoms. The molecule has 0 aliphatic heterocycles. The molecule has 1 aromatic carbocycles. The van der Waals surface area contributed by atoms with Crippen molar-refractivity contribution in [3.8, 4) is 0 Å². The average Bonchev–Trinajstić information content (AvgIpc) is 2.37. The van der Waals surface area contributed by atoms with E-state index in [-0.39, 0.29) is 10.5 Å². The molecule has 0 saturated heterocycles. The molecule has 0 saturated carbocycles. The van der Waals surface area contributed by atoms with Crippen LogP contribution in [0.3, 0.4) is 0 Å². The van der Waals surface area contributed by atoms with E-state index in [0.717, 1.165) is 0 Å². The Balaban J connectivity index is 2.98. The maximum absolute atomic E-state index is 11.8. The van der Waals surface area contributed by atoms with Gasteiger partial charge in [0.15, 0.2) is 9.84 Å². The molecule has 0 unspecified atom stereocenters. The van der Waals surface area contributed by atoms with Gasteiger partial charge in [-0.15, -0.1) is 0 Å². The number of hydrogen-bond acceptors (Lipinski definition) is 5. The summed E-state index contributed by atoms with van der Waals surface area (Å²) in [6, 6.07) is 5.21. The third-order valence-electron chi connectivity index (χ3n) is 2.23. The van der Waals surface area contributed by atoms with Crippen molar-refractivity contribution in [1.82, 2.24) is 5.32 Å². The second kappa shape index (κ2) is 5.63. The largest absolute Gasteiger partial charge is 0.465 e. The molecule has 0 radical (unpaired) electrons. The van der Waals surface area contributed by atoms with Crippen LogP contribution in [0.5, 0.6) is 0 Å². The number of esters is 1. The summed E-state index contributed by atoms with van der Waals surface area (Å²) in [4.78, 5) is 22.2. The quantitative estimate of drug-likeness (QED) is 0.778. The zero-order chi connectivity index (χ0) is 13.8. The van der Waals surface area contributed by atoms with Gasteiger partial charge in [0.1, 0.15) is 5.75 Å². The third-order valence-corrected chi connectivity index (χ3v) is 3.87. The van der Waals surface area contributed by atoms with E-state index in [1.165, 1.54) is 38.4 Å². The standard InChI is InChI=1S/C11H13NO5S/c1-12-10(13)7-18(15,16)9-5-3-8(4-6-9)11(14)17-2/h3-6H,7H2,1-2H3,(H,12,13). The molecule has 1 amide bonds. The molecule has 0 fully saturated rings. The lowest BCUT2D eigenvalue weighted by atomic mass is 10.2. The number of amides is 1. The number of carbonyl (C=O) groups is 2. The van der Waals surface area contributed by atoms with Crippen LogP contribution in [-0.2, 0) is 19.4 Å². The highest BCUT2D eigenvalue weighted by Gasteiger charge is 2.19. The van der Waals surface area contributed by atoms with E-state index in [1.807, 2.05) is 0 Å². The van der Waals surface area contributed by atoms with Crippen molar-refractivity contribution in [2.45, 2.75) is 4.90 Å². The minimum Gasteiger partial charge on any atom is -0.465 e. The lowest BCUT2D eigenvalue weighted by molar-refractivity contribution is -0.118. The van der Waals surface area contributed by atoms with Crippen LogP contribution in [0.1, 0.15) is 10.4 Å². The fourth-order valence-corrected chi connectivity index (χ4v) is 2.45. The van der Waals surface area contributed by atoms with Gasteiger partial charge in [-0.2, -0.15) is 0 Å². The highest BCUT2D eigenvalue weighted by Crippen LogP contribution is 2.13. The van der Waals surface area contributed by atoms with Crippen LogP contribution in [0.4, 0.5) is 0 Å². The van der Waals surface area contributed by atoms with Crippen LogP contribution < -0.4 is 5.32 Å². The predicted octanol–water partition coefficient (Wildman–Crippen LogP) is -0.00710. The first-order valence-corrected chi connectivity index (χ1v) is 6.67. The number of hydrogen-bond donors (Lipinski definition) is 1. The average molecular weight is 271 g/mol. The Kier molecular flexibility index (Phi) is 4.43. The normalized spacial score (nSPS) is 10.8. The Labute approximate surface area is 105 Å². The number of rotatable bonds is 4. The van der Waals surface area contributed by atoms with E-state index >= 15 is 0 Å². The molecule has 1 N–H and O–H groups in total. The van der Waals surface area contributed by atoms with Gasteiger partial charge in [0.05, 0.1) is 17.6 Å². The van der Waals surface area contributed by atoms with E-state index in [9.17, 15) is 18.0 Å². The Bertz CT molecular complexity index is 547. The number of ether oxygens (including phenoxy) is 1. The number of carbonyl (C=O) groups excluding carboxylic acids is 2. The molecule has 0 bridgehead atoms. The summed E-state index contributed by atoms with van der Waals surface area (Å²) in [5.74, 6) is -1.77. The van der Waals surface area contributed by atoms with Crippen molar-refractivity contribution < 1.29 is 22.7 Å². The van der Waals surface area contributed by atoms with Gasteiger partial charge in [0, 0.05) is 7.05 Å². The molecule has 1 rings (SSSR count). The lowest BCUT2D eigenvalue weighted by Gasteiger charge is -2.04. The third kappa shape index (κ3) is 3.30. The number of methoxy groups -OCH3 is 1. The summed E-state index contributed by atoms with van der Waals surface area (Å²) >= 11 is 0. The minimum atomic E-state index is -3.68. The molecule has 6 nitrogen and oxygen atoms in total. The van der Waals surface area contributed by atoms with Crippen LogP contribution in [0.15, 0.2) is 29.2 Å². The van der Waals surface area contributed by atoms with Gasteiger partial charge in [0.2, 0.25) is 5.91 Å². The minimum absolute atomic E-state index is 0.0150. The van der Waals surface area contributed by atoms with Gasteiger partial charge >= 0.3 is 5.97 Å². The molecule has 1 aromatic rings. The van der Waals surface area contributed by atoms with Gasteiger partial charge in [-0.25, -0.2) is 13.2 Å². The maximum atomic E-state index is 11.8. The van der Waals surface area contributed by atoms with Crippen molar-refractivity contribution in [2.24, 2.45) is 0 Å². The smallest absolute Gasteiger partial charge is 0.337 e. The molecule has 18 heavy (non-hydrogen) atoms. The van der Waals surface area contributed by atoms with E-state index < -0.39 is 27.5 Å². The summed E-state index contributed by atoms with van der Waals surface area (Å²) in [5.41, 5.74) is 0.247. The molecule has 0 heterocycles. The van der Waals surface area contributed by atoms with E-state index in [1.54, 1.807) is 0 Å². The monoisotopic (exact) mass is 271 g/mol. The zero-order valence-electron chi connectivity index (χ0n) is 9.97. The molecule has 0 aromatic heterocycles. The molecule has 98 valence electrons. The second-order valence-corrected chi connectivity index (χ2v) is 5.44. The summed E-state index contributed by atoms with van der Waals surface area (Å²) in [6.07, 6.45) is 0. The molecular weight excluding hydrogens is 258 g/mol. The van der Waals surface area contributed by atoms with Crippen LogP contribution in [0.2, 0.25) is 0 Å². The number of benzene rings is 1. The summed E-state index contributed by atoms with van der Waals surface area (Å²) in [6.45, 7) is 0. The molecule has 0 spiro atoms. The van der Waals surface area contributed by atoms with Crippen molar-refractivity contribution in [2.75, 3.05) is 19.9 Å². The Morgan fingerprint density at radius 1 is 1.22 bits per heavy atom. The Hall–Kier alpha value is -1.89. The van der Waals surface area contributed by atoms with Gasteiger partial charge in [0.25, 0.3) is 0 Å². The maximum Gasteiger partial charge on any atom is 0.337 e. The van der Waals surface area contributed by atoms with Crippen LogP contribution in [0, 0.1) is 0 Å². The molecule has 0 atom stereocenters. The molecule has 0 aliphatic rings. The second-order valence-electron chi connectivity index (χ2n) is 3.45. The van der Waals surface area contributed by atoms with Gasteiger partial charge in [-0.05, 0) is 24.3 Å². The first-order chi connectivity index (χ1) is 8.40. The van der Waals surface area contributed by atoms with Gasteiger partial charge in [-0.1, -0.05) is 0 Å². The van der Waals surface area contributed by atoms with E-state index in [0.29, 0.717) is 0 Å². The van der Waals surface area contributed by atoms with Crippen molar-refractivity contribution in [3.05, 3.63) is 29.8 Å². The molecular formula is C11H13NO5S. The van der Waals surface area contributed by atoms with Crippen molar-refractivity contribution in [1.29, 1.82) is 0 Å². The first-order valence-electron chi connectivity index (χ1n) is 5.02. The fourth-order valence-electron chi connectivity index (χ4n) is 1.24.